The maximum atomic E-state index is 12.2. The summed E-state index contributed by atoms with van der Waals surface area (Å²) in [6.07, 6.45) is 31.9. The Kier molecular flexibility index (Phi) is 29.0. The minimum Gasteiger partial charge on any atom is -0.465 e. The predicted molar refractivity (Wildman–Crippen MR) is 161 cm³/mol. The van der Waals surface area contributed by atoms with Gasteiger partial charge in [-0.05, 0) is 38.0 Å². The van der Waals surface area contributed by atoms with Crippen LogP contribution in [-0.2, 0) is 14.3 Å². The molecular weight excluding hydrogens is 456 g/mol. The molecule has 0 saturated carbocycles. The Bertz CT molecular complexity index is 487. The number of ether oxygens (including phenoxy) is 1. The number of Topliss-reactive ketones (excluding diaryl/α,β-unsaturated/α-hetero) is 1. The molecule has 1 unspecified atom stereocenters. The van der Waals surface area contributed by atoms with Crippen molar-refractivity contribution in [2.45, 2.75) is 194 Å². The largest absolute Gasteiger partial charge is 0.465 e. The molecule has 220 valence electrons. The highest BCUT2D eigenvalue weighted by molar-refractivity contribution is 5.78. The van der Waals surface area contributed by atoms with Crippen LogP contribution in [0.4, 0.5) is 0 Å². The van der Waals surface area contributed by atoms with Gasteiger partial charge in [-0.3, -0.25) is 9.59 Å². The Morgan fingerprint density at radius 1 is 0.459 bits per heavy atom. The molecule has 3 heteroatoms. The fraction of sp³-hybridized carbons (Fsp3) is 0.941. The van der Waals surface area contributed by atoms with Gasteiger partial charge in [0.1, 0.15) is 5.78 Å². The van der Waals surface area contributed by atoms with Crippen molar-refractivity contribution < 1.29 is 14.3 Å². The number of hydrogen-bond donors (Lipinski definition) is 0. The number of unbranched alkanes of at least 4 members (excludes halogenated alkanes) is 18. The molecule has 0 saturated heterocycles. The topological polar surface area (TPSA) is 43.4 Å². The van der Waals surface area contributed by atoms with Crippen LogP contribution >= 0.6 is 0 Å². The van der Waals surface area contributed by atoms with Gasteiger partial charge in [0.15, 0.2) is 0 Å². The highest BCUT2D eigenvalue weighted by atomic mass is 16.5. The van der Waals surface area contributed by atoms with Crippen molar-refractivity contribution in [3.05, 3.63) is 0 Å². The molecule has 0 aromatic carbocycles. The Hall–Kier alpha value is -0.860. The average molecular weight is 523 g/mol. The molecule has 0 aliphatic carbocycles. The van der Waals surface area contributed by atoms with Crippen LogP contribution in [0.1, 0.15) is 194 Å². The number of esters is 1. The fourth-order valence-electron chi connectivity index (χ4n) is 5.18. The van der Waals surface area contributed by atoms with E-state index in [1.807, 2.05) is 0 Å². The first-order chi connectivity index (χ1) is 18.1. The molecule has 0 aromatic heterocycles. The van der Waals surface area contributed by atoms with E-state index in [0.29, 0.717) is 24.7 Å². The number of ketones is 1. The smallest absolute Gasteiger partial charge is 0.305 e. The maximum absolute atomic E-state index is 12.2. The first kappa shape index (κ1) is 36.1. The van der Waals surface area contributed by atoms with Crippen LogP contribution in [-0.4, -0.2) is 18.4 Å². The van der Waals surface area contributed by atoms with Crippen molar-refractivity contribution in [3.63, 3.8) is 0 Å². The first-order valence-electron chi connectivity index (χ1n) is 16.8. The number of hydrogen-bond acceptors (Lipinski definition) is 3. The van der Waals surface area contributed by atoms with E-state index in [9.17, 15) is 9.59 Å². The van der Waals surface area contributed by atoms with E-state index in [1.54, 1.807) is 0 Å². The Morgan fingerprint density at radius 2 is 0.838 bits per heavy atom. The molecule has 0 spiro atoms. The van der Waals surface area contributed by atoms with Crippen LogP contribution in [0.3, 0.4) is 0 Å². The molecule has 3 nitrogen and oxygen atoms in total. The number of carbonyl (C=O) groups excluding carboxylic acids is 2. The standard InChI is InChI=1S/C34H66O3/c1-4-7-10-12-13-14-15-16-19-23-28-33(35)29-24-20-17-18-21-25-30-34(36)37-31-32(26-9-6-3)27-22-11-8-5-2/h32H,4-31H2,1-3H3. The predicted octanol–water partition coefficient (Wildman–Crippen LogP) is 11.3. The van der Waals surface area contributed by atoms with Crippen LogP contribution in [0.15, 0.2) is 0 Å². The minimum atomic E-state index is -0.00683. The second-order valence-electron chi connectivity index (χ2n) is 11.6. The zero-order chi connectivity index (χ0) is 27.2. The normalized spacial score (nSPS) is 12.1. The van der Waals surface area contributed by atoms with Crippen molar-refractivity contribution in [2.75, 3.05) is 6.61 Å². The van der Waals surface area contributed by atoms with Crippen molar-refractivity contribution >= 4 is 11.8 Å². The summed E-state index contributed by atoms with van der Waals surface area (Å²) in [7, 11) is 0. The highest BCUT2D eigenvalue weighted by Crippen LogP contribution is 2.19. The third kappa shape index (κ3) is 28.0. The van der Waals surface area contributed by atoms with Crippen LogP contribution in [0.25, 0.3) is 0 Å². The fourth-order valence-corrected chi connectivity index (χ4v) is 5.18. The molecule has 0 aliphatic heterocycles. The van der Waals surface area contributed by atoms with E-state index in [4.69, 9.17) is 4.74 Å². The number of carbonyl (C=O) groups is 2. The zero-order valence-corrected chi connectivity index (χ0v) is 25.6. The maximum Gasteiger partial charge on any atom is 0.305 e. The summed E-state index contributed by atoms with van der Waals surface area (Å²) < 4.78 is 5.63. The molecule has 0 fully saturated rings. The third-order valence-corrected chi connectivity index (χ3v) is 7.81. The van der Waals surface area contributed by atoms with Crippen molar-refractivity contribution in [2.24, 2.45) is 5.92 Å². The molecular formula is C34H66O3. The van der Waals surface area contributed by atoms with Crippen LogP contribution in [0, 0.1) is 5.92 Å². The van der Waals surface area contributed by atoms with Crippen LogP contribution < -0.4 is 0 Å². The second kappa shape index (κ2) is 29.7. The van der Waals surface area contributed by atoms with E-state index in [-0.39, 0.29) is 5.97 Å². The minimum absolute atomic E-state index is 0.00683. The summed E-state index contributed by atoms with van der Waals surface area (Å²) in [4.78, 5) is 24.2. The van der Waals surface area contributed by atoms with E-state index in [0.717, 1.165) is 51.4 Å². The molecule has 0 aromatic rings. The van der Waals surface area contributed by atoms with Gasteiger partial charge in [0, 0.05) is 19.3 Å². The van der Waals surface area contributed by atoms with E-state index >= 15 is 0 Å². The SMILES string of the molecule is CCCCCCCCCCCCC(=O)CCCCCCCCC(=O)OCC(CCCC)CCCCCC. The molecule has 1 atom stereocenters. The molecule has 0 bridgehead atoms. The van der Waals surface area contributed by atoms with Gasteiger partial charge < -0.3 is 4.74 Å². The lowest BCUT2D eigenvalue weighted by Gasteiger charge is -2.16. The lowest BCUT2D eigenvalue weighted by Crippen LogP contribution is -2.14. The number of rotatable bonds is 30. The zero-order valence-electron chi connectivity index (χ0n) is 25.6. The summed E-state index contributed by atoms with van der Waals surface area (Å²) in [6, 6.07) is 0. The lowest BCUT2D eigenvalue weighted by molar-refractivity contribution is -0.145. The van der Waals surface area contributed by atoms with Gasteiger partial charge in [-0.2, -0.15) is 0 Å². The quantitative estimate of drug-likeness (QED) is 0.0695. The van der Waals surface area contributed by atoms with Gasteiger partial charge in [-0.1, -0.05) is 143 Å². The van der Waals surface area contributed by atoms with Crippen LogP contribution in [0.5, 0.6) is 0 Å². The molecule has 0 radical (unpaired) electrons. The molecule has 0 N–H and O–H groups in total. The molecule has 0 heterocycles. The lowest BCUT2D eigenvalue weighted by atomic mass is 9.96. The van der Waals surface area contributed by atoms with Gasteiger partial charge in [-0.25, -0.2) is 0 Å². The van der Waals surface area contributed by atoms with Gasteiger partial charge in [0.2, 0.25) is 0 Å². The van der Waals surface area contributed by atoms with Crippen molar-refractivity contribution in [1.82, 2.24) is 0 Å². The second-order valence-corrected chi connectivity index (χ2v) is 11.6. The summed E-state index contributed by atoms with van der Waals surface area (Å²) in [6.45, 7) is 7.37. The molecule has 0 amide bonds. The van der Waals surface area contributed by atoms with Crippen molar-refractivity contribution in [1.29, 1.82) is 0 Å². The monoisotopic (exact) mass is 523 g/mol. The average Bonchev–Trinajstić information content (AvgIpc) is 2.90. The molecule has 0 aliphatic rings. The van der Waals surface area contributed by atoms with Gasteiger partial charge in [0.25, 0.3) is 0 Å². The van der Waals surface area contributed by atoms with Crippen molar-refractivity contribution in [3.8, 4) is 0 Å². The highest BCUT2D eigenvalue weighted by Gasteiger charge is 2.12. The molecule has 37 heavy (non-hydrogen) atoms. The van der Waals surface area contributed by atoms with Gasteiger partial charge >= 0.3 is 5.97 Å². The van der Waals surface area contributed by atoms with Gasteiger partial charge in [-0.15, -0.1) is 0 Å². The Labute approximate surface area is 232 Å². The molecule has 0 rings (SSSR count). The summed E-state index contributed by atoms with van der Waals surface area (Å²) in [5.41, 5.74) is 0. The summed E-state index contributed by atoms with van der Waals surface area (Å²) in [5, 5.41) is 0. The summed E-state index contributed by atoms with van der Waals surface area (Å²) in [5.74, 6) is 1.01. The van der Waals surface area contributed by atoms with E-state index < -0.39 is 0 Å². The van der Waals surface area contributed by atoms with E-state index in [1.165, 1.54) is 116 Å². The first-order valence-corrected chi connectivity index (χ1v) is 16.8. The third-order valence-electron chi connectivity index (χ3n) is 7.81. The Morgan fingerprint density at radius 3 is 1.32 bits per heavy atom. The van der Waals surface area contributed by atoms with Gasteiger partial charge in [0.05, 0.1) is 6.61 Å². The van der Waals surface area contributed by atoms with Crippen LogP contribution in [0.2, 0.25) is 0 Å². The van der Waals surface area contributed by atoms with E-state index in [2.05, 4.69) is 20.8 Å². The summed E-state index contributed by atoms with van der Waals surface area (Å²) >= 11 is 0. The Balaban J connectivity index is 3.53.